The highest BCUT2D eigenvalue weighted by molar-refractivity contribution is 5.79. The first kappa shape index (κ1) is 13.6. The lowest BCUT2D eigenvalue weighted by atomic mass is 10.00. The third-order valence-electron chi connectivity index (χ3n) is 3.58. The molecule has 0 aliphatic heterocycles. The summed E-state index contributed by atoms with van der Waals surface area (Å²) in [4.78, 5) is 4.29. The molecule has 3 rings (SSSR count). The maximum absolute atomic E-state index is 10.4. The highest BCUT2D eigenvalue weighted by Gasteiger charge is 2.10. The Hall–Kier alpha value is -2.39. The van der Waals surface area contributed by atoms with E-state index in [1.807, 2.05) is 54.6 Å². The average Bonchev–Trinajstić information content (AvgIpc) is 2.54. The molecule has 1 N–H and O–H groups in total. The minimum atomic E-state index is -0.540. The Morgan fingerprint density at radius 2 is 2.00 bits per heavy atom. The van der Waals surface area contributed by atoms with Gasteiger partial charge in [-0.15, -0.1) is 0 Å². The van der Waals surface area contributed by atoms with E-state index in [4.69, 9.17) is 4.74 Å². The molecule has 0 radical (unpaired) electrons. The first-order chi connectivity index (χ1) is 10.3. The Balaban J connectivity index is 1.84. The molecule has 0 amide bonds. The van der Waals surface area contributed by atoms with Gasteiger partial charge in [-0.2, -0.15) is 0 Å². The number of pyridine rings is 1. The van der Waals surface area contributed by atoms with E-state index in [9.17, 15) is 5.11 Å². The number of benzene rings is 2. The lowest BCUT2D eigenvalue weighted by molar-refractivity contribution is 0.178. The molecule has 1 heterocycles. The molecule has 1 atom stereocenters. The largest absolute Gasteiger partial charge is 0.497 e. The number of ether oxygens (including phenoxy) is 1. The van der Waals surface area contributed by atoms with Crippen LogP contribution in [0.25, 0.3) is 10.9 Å². The van der Waals surface area contributed by atoms with Crippen molar-refractivity contribution >= 4 is 10.9 Å². The Morgan fingerprint density at radius 1 is 1.10 bits per heavy atom. The fourth-order valence-electron chi connectivity index (χ4n) is 2.44. The monoisotopic (exact) mass is 279 g/mol. The number of rotatable bonds is 4. The quantitative estimate of drug-likeness (QED) is 0.794. The van der Waals surface area contributed by atoms with Gasteiger partial charge >= 0.3 is 0 Å². The smallest absolute Gasteiger partial charge is 0.119 e. The Labute approximate surface area is 123 Å². The molecular formula is C18H17NO2. The maximum atomic E-state index is 10.4. The van der Waals surface area contributed by atoms with Crippen molar-refractivity contribution in [2.75, 3.05) is 7.11 Å². The summed E-state index contributed by atoms with van der Waals surface area (Å²) < 4.78 is 5.21. The van der Waals surface area contributed by atoms with Gasteiger partial charge in [-0.3, -0.25) is 4.98 Å². The normalized spacial score (nSPS) is 12.3. The molecule has 21 heavy (non-hydrogen) atoms. The van der Waals surface area contributed by atoms with E-state index in [0.717, 1.165) is 27.8 Å². The molecule has 3 heteroatoms. The zero-order valence-corrected chi connectivity index (χ0v) is 11.9. The van der Waals surface area contributed by atoms with Gasteiger partial charge < -0.3 is 9.84 Å². The highest BCUT2D eigenvalue weighted by Crippen LogP contribution is 2.23. The number of aliphatic hydroxyl groups is 1. The van der Waals surface area contributed by atoms with Crippen molar-refractivity contribution in [3.05, 3.63) is 71.9 Å². The molecule has 0 saturated heterocycles. The molecule has 0 fully saturated rings. The molecule has 0 aliphatic carbocycles. The van der Waals surface area contributed by atoms with Crippen LogP contribution in [0.1, 0.15) is 17.2 Å². The summed E-state index contributed by atoms with van der Waals surface area (Å²) in [5.41, 5.74) is 2.89. The van der Waals surface area contributed by atoms with Gasteiger partial charge in [-0.25, -0.2) is 0 Å². The summed E-state index contributed by atoms with van der Waals surface area (Å²) in [7, 11) is 1.64. The van der Waals surface area contributed by atoms with Crippen LogP contribution in [0.15, 0.2) is 60.8 Å². The molecule has 3 aromatic rings. The Bertz CT molecular complexity index is 755. The molecule has 1 unspecified atom stereocenters. The van der Waals surface area contributed by atoms with Gasteiger partial charge in [0.15, 0.2) is 0 Å². The summed E-state index contributed by atoms with van der Waals surface area (Å²) in [6.45, 7) is 0. The topological polar surface area (TPSA) is 42.4 Å². The van der Waals surface area contributed by atoms with Gasteiger partial charge in [0.25, 0.3) is 0 Å². The van der Waals surface area contributed by atoms with E-state index in [1.54, 1.807) is 13.3 Å². The second kappa shape index (κ2) is 5.94. The van der Waals surface area contributed by atoms with E-state index >= 15 is 0 Å². The van der Waals surface area contributed by atoms with Gasteiger partial charge in [-0.05, 0) is 41.5 Å². The molecule has 2 aromatic carbocycles. The van der Waals surface area contributed by atoms with Crippen LogP contribution < -0.4 is 4.74 Å². The summed E-state index contributed by atoms with van der Waals surface area (Å²) in [5.74, 6) is 0.808. The summed E-state index contributed by atoms with van der Waals surface area (Å²) in [5, 5.41) is 11.5. The third-order valence-corrected chi connectivity index (χ3v) is 3.58. The first-order valence-electron chi connectivity index (χ1n) is 6.92. The fourth-order valence-corrected chi connectivity index (χ4v) is 2.44. The van der Waals surface area contributed by atoms with E-state index < -0.39 is 6.10 Å². The van der Waals surface area contributed by atoms with Crippen LogP contribution in [-0.2, 0) is 6.42 Å². The third kappa shape index (κ3) is 3.03. The van der Waals surface area contributed by atoms with Gasteiger partial charge in [0.05, 0.1) is 18.7 Å². The van der Waals surface area contributed by atoms with Gasteiger partial charge in [0.1, 0.15) is 5.75 Å². The van der Waals surface area contributed by atoms with Crippen molar-refractivity contribution < 1.29 is 9.84 Å². The van der Waals surface area contributed by atoms with Crippen LogP contribution >= 0.6 is 0 Å². The second-order valence-corrected chi connectivity index (χ2v) is 5.03. The SMILES string of the molecule is COc1cccc(CC(O)c2ccc3ncccc3c2)c1. The minimum Gasteiger partial charge on any atom is -0.497 e. The predicted molar refractivity (Wildman–Crippen MR) is 83.4 cm³/mol. The molecule has 0 aliphatic rings. The van der Waals surface area contributed by atoms with Gasteiger partial charge in [-0.1, -0.05) is 24.3 Å². The lowest BCUT2D eigenvalue weighted by Crippen LogP contribution is -2.02. The van der Waals surface area contributed by atoms with Crippen molar-refractivity contribution in [1.29, 1.82) is 0 Å². The minimum absolute atomic E-state index is 0.540. The van der Waals surface area contributed by atoms with Gasteiger partial charge in [0.2, 0.25) is 0 Å². The van der Waals surface area contributed by atoms with Crippen LogP contribution in [0.5, 0.6) is 5.75 Å². The maximum Gasteiger partial charge on any atom is 0.119 e. The molecule has 0 spiro atoms. The van der Waals surface area contributed by atoms with Crippen LogP contribution in [0, 0.1) is 0 Å². The van der Waals surface area contributed by atoms with Crippen molar-refractivity contribution in [3.63, 3.8) is 0 Å². The number of methoxy groups -OCH3 is 1. The van der Waals surface area contributed by atoms with Crippen LogP contribution in [0.4, 0.5) is 0 Å². The Morgan fingerprint density at radius 3 is 2.86 bits per heavy atom. The van der Waals surface area contributed by atoms with Crippen molar-refractivity contribution in [2.45, 2.75) is 12.5 Å². The van der Waals surface area contributed by atoms with Gasteiger partial charge in [0, 0.05) is 18.0 Å². The zero-order chi connectivity index (χ0) is 14.7. The van der Waals surface area contributed by atoms with Crippen molar-refractivity contribution in [3.8, 4) is 5.75 Å². The number of nitrogens with zero attached hydrogens (tertiary/aromatic N) is 1. The van der Waals surface area contributed by atoms with Crippen LogP contribution in [0.2, 0.25) is 0 Å². The highest BCUT2D eigenvalue weighted by atomic mass is 16.5. The number of fused-ring (bicyclic) bond motifs is 1. The van der Waals surface area contributed by atoms with Crippen LogP contribution in [0.3, 0.4) is 0 Å². The second-order valence-electron chi connectivity index (χ2n) is 5.03. The molecule has 106 valence electrons. The van der Waals surface area contributed by atoms with E-state index in [-0.39, 0.29) is 0 Å². The average molecular weight is 279 g/mol. The fraction of sp³-hybridized carbons (Fsp3) is 0.167. The molecule has 0 bridgehead atoms. The lowest BCUT2D eigenvalue weighted by Gasteiger charge is -2.12. The number of aromatic nitrogens is 1. The molecule has 0 saturated carbocycles. The molecule has 3 nitrogen and oxygen atoms in total. The summed E-state index contributed by atoms with van der Waals surface area (Å²) >= 11 is 0. The number of hydrogen-bond donors (Lipinski definition) is 1. The standard InChI is InChI=1S/C18H17NO2/c1-21-16-6-2-4-13(10-16)11-18(20)15-7-8-17-14(12-15)5-3-9-19-17/h2-10,12,18,20H,11H2,1H3. The predicted octanol–water partition coefficient (Wildman–Crippen LogP) is 3.52. The number of hydrogen-bond acceptors (Lipinski definition) is 3. The molecular weight excluding hydrogens is 262 g/mol. The van der Waals surface area contributed by atoms with Crippen molar-refractivity contribution in [1.82, 2.24) is 4.98 Å². The zero-order valence-electron chi connectivity index (χ0n) is 11.9. The Kier molecular flexibility index (Phi) is 3.84. The summed E-state index contributed by atoms with van der Waals surface area (Å²) in [6, 6.07) is 17.6. The van der Waals surface area contributed by atoms with E-state index in [0.29, 0.717) is 6.42 Å². The van der Waals surface area contributed by atoms with Crippen molar-refractivity contribution in [2.24, 2.45) is 0 Å². The first-order valence-corrected chi connectivity index (χ1v) is 6.92. The molecule has 1 aromatic heterocycles. The van der Waals surface area contributed by atoms with Crippen LogP contribution in [-0.4, -0.2) is 17.2 Å². The number of aliphatic hydroxyl groups excluding tert-OH is 1. The summed E-state index contributed by atoms with van der Waals surface area (Å²) in [6.07, 6.45) is 1.79. The van der Waals surface area contributed by atoms with E-state index in [2.05, 4.69) is 4.98 Å². The van der Waals surface area contributed by atoms with E-state index in [1.165, 1.54) is 0 Å².